The van der Waals surface area contributed by atoms with Gasteiger partial charge in [-0.15, -0.1) is 0 Å². The van der Waals surface area contributed by atoms with Gasteiger partial charge in [-0.25, -0.2) is 9.69 Å². The maximum absolute atomic E-state index is 12.4. The van der Waals surface area contributed by atoms with Crippen molar-refractivity contribution in [3.05, 3.63) is 0 Å². The molecular formula is C14H21N3O4. The summed E-state index contributed by atoms with van der Waals surface area (Å²) in [5, 5.41) is 9.48. The molecule has 0 atom stereocenters. The van der Waals surface area contributed by atoms with Crippen LogP contribution >= 0.6 is 0 Å². The molecule has 0 aromatic carbocycles. The number of nitrogens with zero attached hydrogens (tertiary/aromatic N) is 3. The van der Waals surface area contributed by atoms with Gasteiger partial charge in [-0.2, -0.15) is 0 Å². The summed E-state index contributed by atoms with van der Waals surface area (Å²) in [6, 6.07) is -0.579. The minimum Gasteiger partial charge on any atom is -0.393 e. The first kappa shape index (κ1) is 14.5. The fourth-order valence-electron chi connectivity index (χ4n) is 3.39. The summed E-state index contributed by atoms with van der Waals surface area (Å²) in [5.41, 5.74) is 0. The van der Waals surface area contributed by atoms with Gasteiger partial charge in [-0.3, -0.25) is 19.4 Å². The molecular weight excluding hydrogens is 274 g/mol. The number of piperidine rings is 1. The fourth-order valence-corrected chi connectivity index (χ4v) is 3.39. The normalized spacial score (nSPS) is 26.4. The molecule has 0 aromatic rings. The Morgan fingerprint density at radius 2 is 1.57 bits per heavy atom. The Bertz CT molecular complexity index is 453. The smallest absolute Gasteiger partial charge is 0.335 e. The van der Waals surface area contributed by atoms with Crippen LogP contribution in [0.5, 0.6) is 0 Å². The van der Waals surface area contributed by atoms with Crippen molar-refractivity contribution in [3.63, 3.8) is 0 Å². The van der Waals surface area contributed by atoms with Crippen LogP contribution in [0, 0.1) is 0 Å². The van der Waals surface area contributed by atoms with Crippen LogP contribution in [0.15, 0.2) is 0 Å². The summed E-state index contributed by atoms with van der Waals surface area (Å²) >= 11 is 0. The number of urea groups is 1. The Balaban J connectivity index is 1.66. The maximum Gasteiger partial charge on any atom is 0.335 e. The molecule has 0 aromatic heterocycles. The van der Waals surface area contributed by atoms with Gasteiger partial charge in [-0.1, -0.05) is 12.8 Å². The van der Waals surface area contributed by atoms with E-state index in [2.05, 4.69) is 0 Å². The molecule has 7 heteroatoms. The molecule has 21 heavy (non-hydrogen) atoms. The van der Waals surface area contributed by atoms with Crippen molar-refractivity contribution >= 4 is 17.8 Å². The molecule has 0 radical (unpaired) electrons. The first-order chi connectivity index (χ1) is 10.1. The molecule has 116 valence electrons. The predicted molar refractivity (Wildman–Crippen MR) is 73.0 cm³/mol. The highest BCUT2D eigenvalue weighted by molar-refractivity contribution is 6.44. The van der Waals surface area contributed by atoms with Gasteiger partial charge in [0.25, 0.3) is 0 Å². The SMILES string of the molecule is O=C1C(=O)N(C2CCCC2)C(=O)N1CN1CCC(O)CC1. The number of carbonyl (C=O) groups excluding carboxylic acids is 3. The number of amides is 4. The third-order valence-electron chi connectivity index (χ3n) is 4.67. The summed E-state index contributed by atoms with van der Waals surface area (Å²) in [7, 11) is 0. The van der Waals surface area contributed by atoms with E-state index in [-0.39, 0.29) is 18.8 Å². The molecule has 3 rings (SSSR count). The Kier molecular flexibility index (Phi) is 3.95. The predicted octanol–water partition coefficient (Wildman–Crippen LogP) is 0.134. The van der Waals surface area contributed by atoms with Gasteiger partial charge in [0.2, 0.25) is 0 Å². The zero-order chi connectivity index (χ0) is 15.0. The standard InChI is InChI=1S/C14H21N3O4/c18-11-5-7-15(8-6-11)9-16-12(19)13(20)17(14(16)21)10-3-1-2-4-10/h10-11,18H,1-9H2. The molecule has 4 amide bonds. The highest BCUT2D eigenvalue weighted by Gasteiger charge is 2.48. The van der Waals surface area contributed by atoms with E-state index in [0.717, 1.165) is 35.5 Å². The first-order valence-corrected chi connectivity index (χ1v) is 7.67. The van der Waals surface area contributed by atoms with E-state index >= 15 is 0 Å². The van der Waals surface area contributed by atoms with Crippen molar-refractivity contribution in [2.24, 2.45) is 0 Å². The van der Waals surface area contributed by atoms with Gasteiger partial charge in [0, 0.05) is 19.1 Å². The van der Waals surface area contributed by atoms with E-state index < -0.39 is 17.8 Å². The maximum atomic E-state index is 12.4. The third-order valence-corrected chi connectivity index (χ3v) is 4.67. The molecule has 3 fully saturated rings. The average molecular weight is 295 g/mol. The molecule has 2 heterocycles. The van der Waals surface area contributed by atoms with Gasteiger partial charge in [0.05, 0.1) is 12.8 Å². The van der Waals surface area contributed by atoms with Crippen LogP contribution in [-0.2, 0) is 9.59 Å². The van der Waals surface area contributed by atoms with Gasteiger partial charge in [0.15, 0.2) is 0 Å². The topological polar surface area (TPSA) is 81.2 Å². The zero-order valence-corrected chi connectivity index (χ0v) is 12.0. The fraction of sp³-hybridized carbons (Fsp3) is 0.786. The number of imide groups is 2. The molecule has 0 spiro atoms. The Morgan fingerprint density at radius 1 is 0.952 bits per heavy atom. The second-order valence-electron chi connectivity index (χ2n) is 6.12. The number of hydrogen-bond donors (Lipinski definition) is 1. The molecule has 1 saturated carbocycles. The molecule has 2 aliphatic heterocycles. The lowest BCUT2D eigenvalue weighted by Crippen LogP contribution is -2.46. The number of aliphatic hydroxyl groups excluding tert-OH is 1. The van der Waals surface area contributed by atoms with E-state index in [4.69, 9.17) is 0 Å². The quantitative estimate of drug-likeness (QED) is 0.591. The molecule has 1 N–H and O–H groups in total. The van der Waals surface area contributed by atoms with E-state index in [9.17, 15) is 19.5 Å². The summed E-state index contributed by atoms with van der Waals surface area (Å²) < 4.78 is 0. The average Bonchev–Trinajstić information content (AvgIpc) is 3.05. The number of likely N-dealkylation sites (tertiary alicyclic amines) is 1. The van der Waals surface area contributed by atoms with Crippen LogP contribution in [0.3, 0.4) is 0 Å². The van der Waals surface area contributed by atoms with Gasteiger partial charge in [0.1, 0.15) is 0 Å². The van der Waals surface area contributed by atoms with Crippen molar-refractivity contribution < 1.29 is 19.5 Å². The summed E-state index contributed by atoms with van der Waals surface area (Å²) in [6.07, 6.45) is 4.57. The minimum absolute atomic E-state index is 0.109. The monoisotopic (exact) mass is 295 g/mol. The third kappa shape index (κ3) is 2.67. The highest BCUT2D eigenvalue weighted by Crippen LogP contribution is 2.28. The van der Waals surface area contributed by atoms with Crippen LogP contribution in [-0.4, -0.2) is 69.6 Å². The Labute approximate surface area is 123 Å². The summed E-state index contributed by atoms with van der Waals surface area (Å²) in [5.74, 6) is -1.39. The largest absolute Gasteiger partial charge is 0.393 e. The lowest BCUT2D eigenvalue weighted by Gasteiger charge is -2.31. The second-order valence-corrected chi connectivity index (χ2v) is 6.12. The van der Waals surface area contributed by atoms with Crippen LogP contribution < -0.4 is 0 Å². The van der Waals surface area contributed by atoms with E-state index in [0.29, 0.717) is 25.9 Å². The summed E-state index contributed by atoms with van der Waals surface area (Å²) in [6.45, 7) is 1.42. The van der Waals surface area contributed by atoms with Gasteiger partial charge < -0.3 is 5.11 Å². The van der Waals surface area contributed by atoms with Crippen molar-refractivity contribution in [1.82, 2.24) is 14.7 Å². The lowest BCUT2D eigenvalue weighted by molar-refractivity contribution is -0.144. The zero-order valence-electron chi connectivity index (χ0n) is 12.0. The molecule has 0 unspecified atom stereocenters. The second kappa shape index (κ2) is 5.73. The minimum atomic E-state index is -0.710. The number of carbonyl (C=O) groups is 3. The van der Waals surface area contributed by atoms with Gasteiger partial charge >= 0.3 is 17.8 Å². The number of aliphatic hydroxyl groups is 1. The van der Waals surface area contributed by atoms with Crippen molar-refractivity contribution in [2.75, 3.05) is 19.8 Å². The van der Waals surface area contributed by atoms with Crippen LogP contribution in [0.4, 0.5) is 4.79 Å². The van der Waals surface area contributed by atoms with Crippen LogP contribution in [0.1, 0.15) is 38.5 Å². The van der Waals surface area contributed by atoms with E-state index in [1.807, 2.05) is 4.90 Å². The number of hydrogen-bond acceptors (Lipinski definition) is 5. The summed E-state index contributed by atoms with van der Waals surface area (Å²) in [4.78, 5) is 40.7. The van der Waals surface area contributed by atoms with E-state index in [1.54, 1.807) is 0 Å². The first-order valence-electron chi connectivity index (χ1n) is 7.67. The Hall–Kier alpha value is -1.47. The lowest BCUT2D eigenvalue weighted by atomic mass is 10.1. The molecule has 7 nitrogen and oxygen atoms in total. The molecule has 1 aliphatic carbocycles. The van der Waals surface area contributed by atoms with Crippen molar-refractivity contribution in [1.29, 1.82) is 0 Å². The molecule has 3 aliphatic rings. The molecule has 0 bridgehead atoms. The molecule has 2 saturated heterocycles. The van der Waals surface area contributed by atoms with Crippen LogP contribution in [0.25, 0.3) is 0 Å². The van der Waals surface area contributed by atoms with Crippen molar-refractivity contribution in [2.45, 2.75) is 50.7 Å². The van der Waals surface area contributed by atoms with Crippen molar-refractivity contribution in [3.8, 4) is 0 Å². The Morgan fingerprint density at radius 3 is 2.19 bits per heavy atom. The van der Waals surface area contributed by atoms with Gasteiger partial charge in [-0.05, 0) is 25.7 Å². The van der Waals surface area contributed by atoms with E-state index in [1.165, 1.54) is 0 Å². The highest BCUT2D eigenvalue weighted by atomic mass is 16.3. The van der Waals surface area contributed by atoms with Crippen LogP contribution in [0.2, 0.25) is 0 Å². The number of rotatable bonds is 3.